The van der Waals surface area contributed by atoms with Crippen LogP contribution in [0.2, 0.25) is 0 Å². The normalized spacial score (nSPS) is 17.5. The van der Waals surface area contributed by atoms with Crippen LogP contribution in [0.25, 0.3) is 0 Å². The molecule has 1 aliphatic heterocycles. The van der Waals surface area contributed by atoms with Gasteiger partial charge in [0.15, 0.2) is 0 Å². The molecule has 0 saturated heterocycles. The van der Waals surface area contributed by atoms with E-state index in [-0.39, 0.29) is 20.7 Å². The first-order valence-electron chi connectivity index (χ1n) is 2.75. The Balaban J connectivity index is 2.91. The average Bonchev–Trinajstić information content (AvgIpc) is 2.37. The molecule has 1 rings (SSSR count). The van der Waals surface area contributed by atoms with E-state index in [2.05, 4.69) is 5.10 Å². The van der Waals surface area contributed by atoms with E-state index in [9.17, 15) is 8.42 Å². The van der Waals surface area contributed by atoms with Gasteiger partial charge in [-0.2, -0.15) is 17.8 Å². The van der Waals surface area contributed by atoms with E-state index in [0.29, 0.717) is 0 Å². The molecule has 5 nitrogen and oxygen atoms in total. The number of nitrogens with zero attached hydrogens (tertiary/aromatic N) is 3. The molecule has 0 amide bonds. The molecule has 7 heteroatoms. The molecule has 0 aromatic carbocycles. The third kappa shape index (κ3) is 1.76. The monoisotopic (exact) mass is 289 g/mol. The molecule has 0 aromatic heterocycles. The summed E-state index contributed by atoms with van der Waals surface area (Å²) < 4.78 is 27.9. The van der Waals surface area contributed by atoms with Crippen LogP contribution in [0.1, 0.15) is 0 Å². The first-order chi connectivity index (χ1) is 5.05. The van der Waals surface area contributed by atoms with E-state index in [0.717, 1.165) is 8.72 Å². The summed E-state index contributed by atoms with van der Waals surface area (Å²) in [5.41, 5.74) is 0. The molecule has 0 atom stereocenters. The Labute approximate surface area is 75.6 Å². The number of hydrogen-bond acceptors (Lipinski definition) is 3. The minimum absolute atomic E-state index is 0.286. The van der Waals surface area contributed by atoms with Gasteiger partial charge in [0.2, 0.25) is 0 Å². The molecule has 11 heavy (non-hydrogen) atoms. The molecular weight excluding hydrogens is 281 g/mol. The second-order valence-electron chi connectivity index (χ2n) is 2.00. The lowest BCUT2D eigenvalue weighted by atomic mass is 11.3. The lowest BCUT2D eigenvalue weighted by molar-refractivity contribution is 0.470. The van der Waals surface area contributed by atoms with Crippen LogP contribution in [-0.2, 0) is 10.2 Å². The van der Waals surface area contributed by atoms with Crippen molar-refractivity contribution in [1.29, 1.82) is 0 Å². The molecule has 64 valence electrons. The summed E-state index contributed by atoms with van der Waals surface area (Å²) in [6.07, 6.45) is 0. The van der Waals surface area contributed by atoms with Gasteiger partial charge in [0.25, 0.3) is 0 Å². The SMILES string of the molecule is CN(C)S(=O)(=O)N1C=IC=N1. The lowest BCUT2D eigenvalue weighted by Gasteiger charge is -2.16. The summed E-state index contributed by atoms with van der Waals surface area (Å²) in [6, 6.07) is 0. The number of rotatable bonds is 2. The zero-order valence-corrected chi connectivity index (χ0v) is 9.07. The summed E-state index contributed by atoms with van der Waals surface area (Å²) in [5.74, 6) is 0. The van der Waals surface area contributed by atoms with E-state index in [1.807, 2.05) is 0 Å². The zero-order valence-electron chi connectivity index (χ0n) is 6.10. The van der Waals surface area contributed by atoms with E-state index in [1.54, 1.807) is 8.36 Å². The first-order valence-corrected chi connectivity index (χ1v) is 6.63. The second kappa shape index (κ2) is 3.15. The highest BCUT2D eigenvalue weighted by atomic mass is 127. The number of hydrazone groups is 1. The topological polar surface area (TPSA) is 53.0 Å². The molecule has 0 N–H and O–H groups in total. The zero-order chi connectivity index (χ0) is 8.48. The van der Waals surface area contributed by atoms with Gasteiger partial charge in [-0.1, -0.05) is 0 Å². The van der Waals surface area contributed by atoms with Crippen molar-refractivity contribution in [1.82, 2.24) is 8.72 Å². The van der Waals surface area contributed by atoms with Crippen molar-refractivity contribution in [2.24, 2.45) is 5.10 Å². The van der Waals surface area contributed by atoms with E-state index in [1.165, 1.54) is 14.1 Å². The van der Waals surface area contributed by atoms with Crippen molar-refractivity contribution in [3.63, 3.8) is 0 Å². The minimum Gasteiger partial charge on any atom is -0.189 e. The fourth-order valence-electron chi connectivity index (χ4n) is 0.444. The van der Waals surface area contributed by atoms with Crippen LogP contribution >= 0.6 is 20.7 Å². The largest absolute Gasteiger partial charge is 0.322 e. The molecule has 0 fully saturated rings. The van der Waals surface area contributed by atoms with Crippen molar-refractivity contribution in [3.8, 4) is 0 Å². The molecule has 0 radical (unpaired) electrons. The maximum Gasteiger partial charge on any atom is 0.322 e. The summed E-state index contributed by atoms with van der Waals surface area (Å²) in [6.45, 7) is 0. The van der Waals surface area contributed by atoms with Crippen molar-refractivity contribution >= 4 is 39.3 Å². The second-order valence-corrected chi connectivity index (χ2v) is 5.83. The van der Waals surface area contributed by atoms with Gasteiger partial charge in [-0.05, 0) is 20.7 Å². The molecular formula is C4H8IN3O2S. The molecule has 0 saturated carbocycles. The Hall–Kier alpha value is -0.0200. The predicted octanol–water partition coefficient (Wildman–Crippen LogP) is -0.218. The van der Waals surface area contributed by atoms with Crippen LogP contribution in [0, 0.1) is 0 Å². The van der Waals surface area contributed by atoms with E-state index >= 15 is 0 Å². The standard InChI is InChI=1S/C4H8IN3O2S/c1-7(2)11(9,10)8-4-5-3-6-8/h3-4H,1-2H3. The molecule has 1 heterocycles. The van der Waals surface area contributed by atoms with E-state index < -0.39 is 10.2 Å². The fraction of sp³-hybridized carbons (Fsp3) is 0.500. The molecule has 0 aliphatic carbocycles. The van der Waals surface area contributed by atoms with E-state index in [4.69, 9.17) is 0 Å². The third-order valence-electron chi connectivity index (χ3n) is 1.05. The highest BCUT2D eigenvalue weighted by molar-refractivity contribution is 14.2. The van der Waals surface area contributed by atoms with Gasteiger partial charge in [0.05, 0.1) is 8.36 Å². The minimum atomic E-state index is -3.34. The Morgan fingerprint density at radius 3 is 2.55 bits per heavy atom. The van der Waals surface area contributed by atoms with Crippen LogP contribution in [0.4, 0.5) is 0 Å². The smallest absolute Gasteiger partial charge is 0.189 e. The number of hydrogen-bond donors (Lipinski definition) is 0. The fourth-order valence-corrected chi connectivity index (χ4v) is 3.36. The van der Waals surface area contributed by atoms with Gasteiger partial charge < -0.3 is 0 Å². The molecule has 0 aromatic rings. The average molecular weight is 289 g/mol. The molecule has 0 spiro atoms. The Bertz CT molecular complexity index is 282. The maximum absolute atomic E-state index is 11.3. The summed E-state index contributed by atoms with van der Waals surface area (Å²) in [4.78, 5) is 0. The highest BCUT2D eigenvalue weighted by Crippen LogP contribution is 2.10. The molecule has 0 bridgehead atoms. The van der Waals surface area contributed by atoms with Crippen molar-refractivity contribution in [2.75, 3.05) is 14.1 Å². The van der Waals surface area contributed by atoms with Gasteiger partial charge in [0, 0.05) is 14.1 Å². The number of halogens is 1. The summed E-state index contributed by atoms with van der Waals surface area (Å²) in [7, 11) is -0.373. The predicted molar refractivity (Wildman–Crippen MR) is 53.0 cm³/mol. The van der Waals surface area contributed by atoms with Crippen molar-refractivity contribution in [3.05, 3.63) is 0 Å². The maximum atomic E-state index is 11.3. The quantitative estimate of drug-likeness (QED) is 0.660. The third-order valence-corrected chi connectivity index (χ3v) is 4.44. The van der Waals surface area contributed by atoms with Crippen LogP contribution < -0.4 is 0 Å². The van der Waals surface area contributed by atoms with Gasteiger partial charge in [-0.15, -0.1) is 4.41 Å². The lowest BCUT2D eigenvalue weighted by Crippen LogP contribution is -2.34. The van der Waals surface area contributed by atoms with Crippen LogP contribution in [0.3, 0.4) is 0 Å². The summed E-state index contributed by atoms with van der Waals surface area (Å²) in [5, 5.41) is 3.70. The van der Waals surface area contributed by atoms with Gasteiger partial charge in [-0.25, -0.2) is 0 Å². The van der Waals surface area contributed by atoms with Gasteiger partial charge >= 0.3 is 10.2 Å². The Morgan fingerprint density at radius 1 is 1.55 bits per heavy atom. The Kier molecular flexibility index (Phi) is 2.60. The molecule has 1 aliphatic rings. The van der Waals surface area contributed by atoms with Crippen molar-refractivity contribution in [2.45, 2.75) is 0 Å². The van der Waals surface area contributed by atoms with Gasteiger partial charge in [-0.3, -0.25) is 0 Å². The Morgan fingerprint density at radius 2 is 2.18 bits per heavy atom. The first kappa shape index (κ1) is 9.07. The molecule has 0 unspecified atom stereocenters. The summed E-state index contributed by atoms with van der Waals surface area (Å²) >= 11 is -0.286. The highest BCUT2D eigenvalue weighted by Gasteiger charge is 2.21. The van der Waals surface area contributed by atoms with Gasteiger partial charge in [0.1, 0.15) is 0 Å². The van der Waals surface area contributed by atoms with Crippen LogP contribution in [0.5, 0.6) is 0 Å². The van der Waals surface area contributed by atoms with Crippen LogP contribution in [-0.4, -0.2) is 39.6 Å². The van der Waals surface area contributed by atoms with Crippen molar-refractivity contribution < 1.29 is 8.42 Å². The van der Waals surface area contributed by atoms with Crippen LogP contribution in [0.15, 0.2) is 5.10 Å².